The Hall–Kier alpha value is -3.62. The van der Waals surface area contributed by atoms with Crippen LogP contribution in [0.2, 0.25) is 0 Å². The van der Waals surface area contributed by atoms with Crippen molar-refractivity contribution in [3.63, 3.8) is 0 Å². The van der Waals surface area contributed by atoms with Crippen molar-refractivity contribution >= 4 is 38.3 Å². The van der Waals surface area contributed by atoms with E-state index in [4.69, 9.17) is 0 Å². The summed E-state index contributed by atoms with van der Waals surface area (Å²) in [5.74, 6) is -1.10. The van der Waals surface area contributed by atoms with Gasteiger partial charge in [-0.3, -0.25) is 9.18 Å². The van der Waals surface area contributed by atoms with Crippen molar-refractivity contribution in [1.82, 2.24) is 4.57 Å². The number of alkyl halides is 7. The molecule has 3 rings (SSSR count). The number of anilines is 1. The van der Waals surface area contributed by atoms with Gasteiger partial charge in [-0.1, -0.05) is 18.2 Å². The number of fused-ring (bicyclic) bond motifs is 1. The molecule has 0 radical (unpaired) electrons. The smallest absolute Gasteiger partial charge is 0.416 e. The second kappa shape index (κ2) is 9.36. The van der Waals surface area contributed by atoms with Gasteiger partial charge in [0.05, 0.1) is 11.6 Å². The summed E-state index contributed by atoms with van der Waals surface area (Å²) in [6.07, 6.45) is -13.4. The molecule has 2 N–H and O–H groups in total. The Morgan fingerprint density at radius 2 is 1.54 bits per heavy atom. The standard InChI is InChI=1S/C22H17F7N2O5S/c1-37(35,36)15-6-7-16-12(10-15)11-31(19(33)34)17(16)18(32)30-14-4-2-13(3-5-14)20(8-9-23,21(24,25)26)22(27,28)29/h2-7,10-11H,8-9H2,1H3,(H,30,32)(H,33,34). The minimum atomic E-state index is -5.88. The normalized spacial score (nSPS) is 13.1. The van der Waals surface area contributed by atoms with Gasteiger partial charge in [0.15, 0.2) is 15.3 Å². The van der Waals surface area contributed by atoms with Crippen LogP contribution in [0.3, 0.4) is 0 Å². The molecule has 0 spiro atoms. The topological polar surface area (TPSA) is 105 Å². The maximum atomic E-state index is 13.6. The molecule has 0 fully saturated rings. The van der Waals surface area contributed by atoms with Crippen LogP contribution < -0.4 is 5.32 Å². The van der Waals surface area contributed by atoms with Crippen LogP contribution in [0.25, 0.3) is 10.8 Å². The number of benzene rings is 2. The van der Waals surface area contributed by atoms with E-state index in [2.05, 4.69) is 5.32 Å². The number of hydrogen-bond donors (Lipinski definition) is 2. The monoisotopic (exact) mass is 554 g/mol. The number of sulfone groups is 1. The molecule has 1 aromatic heterocycles. The van der Waals surface area contributed by atoms with Crippen LogP contribution in [0.4, 0.5) is 41.2 Å². The van der Waals surface area contributed by atoms with Gasteiger partial charge < -0.3 is 10.4 Å². The van der Waals surface area contributed by atoms with Gasteiger partial charge in [0.25, 0.3) is 5.91 Å². The highest BCUT2D eigenvalue weighted by Gasteiger charge is 2.71. The van der Waals surface area contributed by atoms with Crippen molar-refractivity contribution < 1.29 is 53.8 Å². The Labute approximate surface area is 204 Å². The molecule has 2 aromatic carbocycles. The summed E-state index contributed by atoms with van der Waals surface area (Å²) in [5.41, 5.74) is -6.55. The first kappa shape index (κ1) is 28.0. The first-order valence-corrected chi connectivity index (χ1v) is 12.0. The first-order valence-electron chi connectivity index (χ1n) is 10.1. The molecule has 0 aliphatic carbocycles. The zero-order valence-corrected chi connectivity index (χ0v) is 19.4. The molecule has 0 saturated heterocycles. The Bertz CT molecular complexity index is 1450. The fourth-order valence-electron chi connectivity index (χ4n) is 3.90. The van der Waals surface area contributed by atoms with Crippen molar-refractivity contribution in [2.24, 2.45) is 0 Å². The molecular formula is C22H17F7N2O5S. The van der Waals surface area contributed by atoms with E-state index in [1.54, 1.807) is 0 Å². The number of carbonyl (C=O) groups excluding carboxylic acids is 1. The van der Waals surface area contributed by atoms with E-state index in [0.29, 0.717) is 16.7 Å². The van der Waals surface area contributed by atoms with Gasteiger partial charge in [-0.2, -0.15) is 26.3 Å². The summed E-state index contributed by atoms with van der Waals surface area (Å²) in [4.78, 5) is 24.4. The largest absolute Gasteiger partial charge is 0.464 e. The summed E-state index contributed by atoms with van der Waals surface area (Å²) < 4.78 is 118. The van der Waals surface area contributed by atoms with Gasteiger partial charge in [0, 0.05) is 35.3 Å². The molecule has 1 heterocycles. The molecule has 15 heteroatoms. The summed E-state index contributed by atoms with van der Waals surface area (Å²) in [5, 5.41) is 11.7. The maximum absolute atomic E-state index is 13.6. The summed E-state index contributed by atoms with van der Waals surface area (Å²) in [6.45, 7) is -1.90. The molecule has 7 nitrogen and oxygen atoms in total. The van der Waals surface area contributed by atoms with Crippen LogP contribution >= 0.6 is 0 Å². The lowest BCUT2D eigenvalue weighted by Gasteiger charge is -2.37. The number of halogens is 7. The van der Waals surface area contributed by atoms with Gasteiger partial charge >= 0.3 is 18.4 Å². The third kappa shape index (κ3) is 4.99. The molecule has 0 unspecified atom stereocenters. The van der Waals surface area contributed by atoms with Gasteiger partial charge in [-0.05, 0) is 29.8 Å². The first-order chi connectivity index (χ1) is 16.9. The molecule has 37 heavy (non-hydrogen) atoms. The average molecular weight is 554 g/mol. The van der Waals surface area contributed by atoms with Crippen molar-refractivity contribution in [3.05, 3.63) is 59.9 Å². The minimum absolute atomic E-state index is 0.0139. The number of amides is 1. The van der Waals surface area contributed by atoms with Crippen molar-refractivity contribution in [2.75, 3.05) is 18.2 Å². The van der Waals surface area contributed by atoms with E-state index < -0.39 is 64.0 Å². The predicted molar refractivity (Wildman–Crippen MR) is 117 cm³/mol. The molecule has 0 saturated carbocycles. The van der Waals surface area contributed by atoms with E-state index in [-0.39, 0.29) is 21.4 Å². The van der Waals surface area contributed by atoms with Crippen LogP contribution in [-0.2, 0) is 15.3 Å². The Morgan fingerprint density at radius 3 is 2.00 bits per heavy atom. The number of carbonyl (C=O) groups is 2. The Morgan fingerprint density at radius 1 is 0.973 bits per heavy atom. The van der Waals surface area contributed by atoms with Crippen LogP contribution in [0.1, 0.15) is 22.5 Å². The van der Waals surface area contributed by atoms with Gasteiger partial charge in [-0.15, -0.1) is 0 Å². The zero-order chi connectivity index (χ0) is 28.0. The molecular weight excluding hydrogens is 537 g/mol. The highest BCUT2D eigenvalue weighted by atomic mass is 32.2. The van der Waals surface area contributed by atoms with Crippen LogP contribution in [0.5, 0.6) is 0 Å². The van der Waals surface area contributed by atoms with Crippen molar-refractivity contribution in [2.45, 2.75) is 29.1 Å². The second-order valence-corrected chi connectivity index (χ2v) is 10.0. The number of carboxylic acid groups (broad SMARTS) is 1. The molecule has 0 bridgehead atoms. The second-order valence-electron chi connectivity index (χ2n) is 8.02. The molecule has 0 aliphatic heterocycles. The van der Waals surface area contributed by atoms with Crippen LogP contribution in [-0.4, -0.2) is 55.4 Å². The average Bonchev–Trinajstić information content (AvgIpc) is 3.15. The van der Waals surface area contributed by atoms with Gasteiger partial charge in [0.2, 0.25) is 0 Å². The molecule has 0 aliphatic rings. The summed E-state index contributed by atoms with van der Waals surface area (Å²) >= 11 is 0. The van der Waals surface area contributed by atoms with E-state index in [9.17, 15) is 53.8 Å². The number of nitrogens with zero attached hydrogens (tertiary/aromatic N) is 1. The SMILES string of the molecule is CS(=O)(=O)c1ccc2c(C(=O)Nc3ccc(C(CCF)(C(F)(F)F)C(F)(F)F)cc3)n(C(=O)O)cc2c1. The summed E-state index contributed by atoms with van der Waals surface area (Å²) in [6, 6.07) is 5.80. The van der Waals surface area contributed by atoms with Crippen LogP contribution in [0.15, 0.2) is 53.6 Å². The lowest BCUT2D eigenvalue weighted by atomic mass is 9.76. The van der Waals surface area contributed by atoms with Gasteiger partial charge in [-0.25, -0.2) is 17.8 Å². The van der Waals surface area contributed by atoms with E-state index >= 15 is 0 Å². The predicted octanol–water partition coefficient (Wildman–Crippen LogP) is 5.55. The van der Waals surface area contributed by atoms with E-state index in [1.165, 1.54) is 6.07 Å². The third-order valence-electron chi connectivity index (χ3n) is 5.71. The van der Waals surface area contributed by atoms with Gasteiger partial charge in [0.1, 0.15) is 5.69 Å². The minimum Gasteiger partial charge on any atom is -0.464 e. The van der Waals surface area contributed by atoms with E-state index in [0.717, 1.165) is 36.7 Å². The molecule has 3 aromatic rings. The fourth-order valence-corrected chi connectivity index (χ4v) is 4.55. The van der Waals surface area contributed by atoms with E-state index in [1.807, 2.05) is 0 Å². The third-order valence-corrected chi connectivity index (χ3v) is 6.82. The quantitative estimate of drug-likeness (QED) is 0.389. The highest BCUT2D eigenvalue weighted by molar-refractivity contribution is 7.90. The maximum Gasteiger partial charge on any atom is 0.416 e. The lowest BCUT2D eigenvalue weighted by molar-refractivity contribution is -0.306. The Kier molecular flexibility index (Phi) is 7.07. The van der Waals surface area contributed by atoms with Crippen molar-refractivity contribution in [1.29, 1.82) is 0 Å². The van der Waals surface area contributed by atoms with Crippen LogP contribution in [0, 0.1) is 0 Å². The molecule has 0 atom stereocenters. The molecule has 200 valence electrons. The number of rotatable bonds is 6. The zero-order valence-electron chi connectivity index (χ0n) is 18.6. The number of nitrogens with one attached hydrogen (secondary N) is 1. The number of hydrogen-bond acceptors (Lipinski definition) is 4. The highest BCUT2D eigenvalue weighted by Crippen LogP contribution is 2.54. The number of aromatic nitrogens is 1. The Balaban J connectivity index is 2.03. The van der Waals surface area contributed by atoms with Crippen molar-refractivity contribution in [3.8, 4) is 0 Å². The lowest BCUT2D eigenvalue weighted by Crippen LogP contribution is -2.54. The molecule has 1 amide bonds. The fraction of sp³-hybridized carbons (Fsp3) is 0.273. The summed E-state index contributed by atoms with van der Waals surface area (Å²) in [7, 11) is -3.67.